The van der Waals surface area contributed by atoms with Gasteiger partial charge in [0.2, 0.25) is 5.91 Å². The molecule has 0 aromatic heterocycles. The van der Waals surface area contributed by atoms with Crippen LogP contribution in [0.2, 0.25) is 0 Å². The number of carbonyl (C=O) groups excluding carboxylic acids is 1. The lowest BCUT2D eigenvalue weighted by Gasteiger charge is -2.27. The number of hydrogen-bond acceptors (Lipinski definition) is 3. The van der Waals surface area contributed by atoms with Gasteiger partial charge in [-0.3, -0.25) is 4.79 Å². The summed E-state index contributed by atoms with van der Waals surface area (Å²) in [5.41, 5.74) is 4.91. The van der Waals surface area contributed by atoms with Crippen LogP contribution in [0.4, 0.5) is 0 Å². The molecular weight excluding hydrogens is 220 g/mol. The molecule has 1 unspecified atom stereocenters. The zero-order valence-electron chi connectivity index (χ0n) is 11.0. The van der Waals surface area contributed by atoms with E-state index in [4.69, 9.17) is 5.73 Å². The van der Waals surface area contributed by atoms with Gasteiger partial charge in [0.25, 0.3) is 0 Å². The zero-order valence-corrected chi connectivity index (χ0v) is 11.8. The van der Waals surface area contributed by atoms with E-state index in [-0.39, 0.29) is 5.91 Å². The van der Waals surface area contributed by atoms with Gasteiger partial charge in [0.05, 0.1) is 5.54 Å². The van der Waals surface area contributed by atoms with E-state index in [1.165, 1.54) is 0 Å². The fourth-order valence-electron chi connectivity index (χ4n) is 1.44. The van der Waals surface area contributed by atoms with Gasteiger partial charge in [0, 0.05) is 0 Å². The number of amides is 1. The molecule has 1 amide bonds. The van der Waals surface area contributed by atoms with Crippen LogP contribution < -0.4 is 11.1 Å². The highest BCUT2D eigenvalue weighted by molar-refractivity contribution is 7.99. The molecule has 0 aliphatic rings. The van der Waals surface area contributed by atoms with Crippen molar-refractivity contribution in [2.75, 3.05) is 12.3 Å². The lowest BCUT2D eigenvalue weighted by atomic mass is 9.95. The van der Waals surface area contributed by atoms with Crippen molar-refractivity contribution in [2.24, 2.45) is 5.73 Å². The number of thioether (sulfide) groups is 1. The second-order valence-electron chi connectivity index (χ2n) is 4.65. The Balaban J connectivity index is 3.98. The van der Waals surface area contributed by atoms with Crippen LogP contribution in [0.1, 0.15) is 47.0 Å². The molecule has 0 spiro atoms. The molecule has 0 rings (SSSR count). The molecule has 3 nitrogen and oxygen atoms in total. The monoisotopic (exact) mass is 246 g/mol. The van der Waals surface area contributed by atoms with E-state index in [1.54, 1.807) is 0 Å². The molecule has 0 saturated heterocycles. The molecule has 0 radical (unpaired) electrons. The summed E-state index contributed by atoms with van der Waals surface area (Å²) in [4.78, 5) is 11.4. The first-order chi connectivity index (χ1) is 7.42. The summed E-state index contributed by atoms with van der Waals surface area (Å²) in [6.45, 7) is 9.21. The SMILES string of the molecule is CCCNC(C)(CCCSC(C)C)C(N)=O. The predicted molar refractivity (Wildman–Crippen MR) is 72.7 cm³/mol. The molecule has 0 aliphatic heterocycles. The topological polar surface area (TPSA) is 55.1 Å². The molecule has 0 aromatic rings. The Bertz CT molecular complexity index is 209. The molecule has 3 N–H and O–H groups in total. The van der Waals surface area contributed by atoms with Crippen LogP contribution in [0.15, 0.2) is 0 Å². The molecule has 1 atom stereocenters. The first-order valence-electron chi connectivity index (χ1n) is 6.09. The molecule has 0 saturated carbocycles. The Hall–Kier alpha value is -0.220. The van der Waals surface area contributed by atoms with Gasteiger partial charge in [-0.1, -0.05) is 20.8 Å². The summed E-state index contributed by atoms with van der Waals surface area (Å²) < 4.78 is 0. The second-order valence-corrected chi connectivity index (χ2v) is 6.33. The van der Waals surface area contributed by atoms with Crippen molar-refractivity contribution >= 4 is 17.7 Å². The van der Waals surface area contributed by atoms with E-state index >= 15 is 0 Å². The number of nitrogens with one attached hydrogen (secondary N) is 1. The summed E-state index contributed by atoms with van der Waals surface area (Å²) >= 11 is 1.93. The smallest absolute Gasteiger partial charge is 0.237 e. The maximum atomic E-state index is 11.4. The third kappa shape index (κ3) is 6.38. The molecular formula is C12H26N2OS. The molecule has 16 heavy (non-hydrogen) atoms. The number of hydrogen-bond donors (Lipinski definition) is 2. The maximum absolute atomic E-state index is 11.4. The summed E-state index contributed by atoms with van der Waals surface area (Å²) in [7, 11) is 0. The fourth-order valence-corrected chi connectivity index (χ4v) is 2.23. The van der Waals surface area contributed by atoms with Crippen LogP contribution in [0.3, 0.4) is 0 Å². The molecule has 0 heterocycles. The van der Waals surface area contributed by atoms with Crippen LogP contribution in [-0.4, -0.2) is 29.0 Å². The van der Waals surface area contributed by atoms with Crippen LogP contribution >= 0.6 is 11.8 Å². The van der Waals surface area contributed by atoms with Gasteiger partial charge in [-0.2, -0.15) is 11.8 Å². The normalized spacial score (nSPS) is 15.1. The van der Waals surface area contributed by atoms with Crippen molar-refractivity contribution in [3.8, 4) is 0 Å². The Morgan fingerprint density at radius 2 is 2.12 bits per heavy atom. The van der Waals surface area contributed by atoms with Crippen molar-refractivity contribution in [1.29, 1.82) is 0 Å². The van der Waals surface area contributed by atoms with Gasteiger partial charge >= 0.3 is 0 Å². The lowest BCUT2D eigenvalue weighted by molar-refractivity contribution is -0.124. The molecule has 0 bridgehead atoms. The van der Waals surface area contributed by atoms with Gasteiger partial charge in [-0.15, -0.1) is 0 Å². The van der Waals surface area contributed by atoms with Gasteiger partial charge in [-0.05, 0) is 43.7 Å². The van der Waals surface area contributed by atoms with Gasteiger partial charge < -0.3 is 11.1 Å². The van der Waals surface area contributed by atoms with Gasteiger partial charge in [0.1, 0.15) is 0 Å². The van der Waals surface area contributed by atoms with Gasteiger partial charge in [-0.25, -0.2) is 0 Å². The first kappa shape index (κ1) is 15.8. The van der Waals surface area contributed by atoms with Crippen molar-refractivity contribution in [2.45, 2.75) is 57.7 Å². The van der Waals surface area contributed by atoms with Crippen LogP contribution in [0.5, 0.6) is 0 Å². The first-order valence-corrected chi connectivity index (χ1v) is 7.13. The van der Waals surface area contributed by atoms with E-state index in [2.05, 4.69) is 26.1 Å². The predicted octanol–water partition coefficient (Wildman–Crippen LogP) is 2.15. The van der Waals surface area contributed by atoms with Crippen LogP contribution in [-0.2, 0) is 4.79 Å². The summed E-state index contributed by atoms with van der Waals surface area (Å²) in [5.74, 6) is 0.851. The molecule has 0 aliphatic carbocycles. The minimum Gasteiger partial charge on any atom is -0.368 e. The number of rotatable bonds is 9. The van der Waals surface area contributed by atoms with Crippen molar-refractivity contribution in [1.82, 2.24) is 5.32 Å². The van der Waals surface area contributed by atoms with E-state index in [1.807, 2.05) is 18.7 Å². The van der Waals surface area contributed by atoms with Crippen molar-refractivity contribution in [3.05, 3.63) is 0 Å². The van der Waals surface area contributed by atoms with Gasteiger partial charge in [0.15, 0.2) is 0 Å². The Labute approximate surface area is 104 Å². The van der Waals surface area contributed by atoms with Crippen LogP contribution in [0.25, 0.3) is 0 Å². The third-order valence-corrected chi connectivity index (χ3v) is 3.77. The quantitative estimate of drug-likeness (QED) is 0.613. The highest BCUT2D eigenvalue weighted by Crippen LogP contribution is 2.17. The van der Waals surface area contributed by atoms with E-state index in [9.17, 15) is 4.79 Å². The minimum absolute atomic E-state index is 0.240. The number of carbonyl (C=O) groups is 1. The standard InChI is InChI=1S/C12H26N2OS/c1-5-8-14-12(4,11(13)15)7-6-9-16-10(2)3/h10,14H,5-9H2,1-4H3,(H2,13,15). The lowest BCUT2D eigenvalue weighted by Crippen LogP contribution is -2.53. The number of nitrogens with two attached hydrogens (primary N) is 1. The fraction of sp³-hybridized carbons (Fsp3) is 0.917. The van der Waals surface area contributed by atoms with Crippen molar-refractivity contribution in [3.63, 3.8) is 0 Å². The van der Waals surface area contributed by atoms with E-state index < -0.39 is 5.54 Å². The van der Waals surface area contributed by atoms with Crippen molar-refractivity contribution < 1.29 is 4.79 Å². The second kappa shape index (κ2) is 7.96. The molecule has 0 fully saturated rings. The number of primary amides is 1. The average molecular weight is 246 g/mol. The third-order valence-electron chi connectivity index (χ3n) is 2.58. The van der Waals surface area contributed by atoms with E-state index in [0.29, 0.717) is 5.25 Å². The summed E-state index contributed by atoms with van der Waals surface area (Å²) in [5, 5.41) is 3.91. The largest absolute Gasteiger partial charge is 0.368 e. The Kier molecular flexibility index (Phi) is 7.85. The van der Waals surface area contributed by atoms with Crippen LogP contribution in [0, 0.1) is 0 Å². The minimum atomic E-state index is -0.534. The Morgan fingerprint density at radius 1 is 1.50 bits per heavy atom. The summed E-state index contributed by atoms with van der Waals surface area (Å²) in [6.07, 6.45) is 2.87. The highest BCUT2D eigenvalue weighted by atomic mass is 32.2. The highest BCUT2D eigenvalue weighted by Gasteiger charge is 2.29. The zero-order chi connectivity index (χ0) is 12.6. The molecule has 0 aromatic carbocycles. The van der Waals surface area contributed by atoms with E-state index in [0.717, 1.165) is 31.6 Å². The molecule has 4 heteroatoms. The maximum Gasteiger partial charge on any atom is 0.237 e. The molecule has 96 valence electrons. The average Bonchev–Trinajstić information content (AvgIpc) is 2.21. The Morgan fingerprint density at radius 3 is 2.56 bits per heavy atom. The summed E-state index contributed by atoms with van der Waals surface area (Å²) in [6, 6.07) is 0.